The maximum Gasteiger partial charge on any atom is 0.328 e. The fourth-order valence-electron chi connectivity index (χ4n) is 2.15. The molecule has 0 bridgehead atoms. The number of rotatable bonds is 8. The van der Waals surface area contributed by atoms with Crippen molar-refractivity contribution in [1.82, 2.24) is 4.98 Å². The Morgan fingerprint density at radius 2 is 2.04 bits per heavy atom. The number of carboxylic acids is 1. The van der Waals surface area contributed by atoms with E-state index in [4.69, 9.17) is 10.8 Å². The minimum absolute atomic E-state index is 0.700. The molecule has 0 spiro atoms. The Morgan fingerprint density at radius 3 is 2.83 bits per heavy atom. The zero-order valence-electron chi connectivity index (χ0n) is 12.9. The Hall–Kier alpha value is -2.66. The van der Waals surface area contributed by atoms with Crippen LogP contribution in [0.1, 0.15) is 18.4 Å². The van der Waals surface area contributed by atoms with E-state index in [2.05, 4.69) is 10.3 Å². The number of carbonyl (C=O) groups is 1. The van der Waals surface area contributed by atoms with Crippen molar-refractivity contribution in [3.63, 3.8) is 0 Å². The van der Waals surface area contributed by atoms with Crippen molar-refractivity contribution in [1.29, 1.82) is 0 Å². The van der Waals surface area contributed by atoms with E-state index in [0.717, 1.165) is 48.1 Å². The number of nitrogens with two attached hydrogens (primary N) is 1. The maximum atomic E-state index is 10.6. The van der Waals surface area contributed by atoms with Gasteiger partial charge in [-0.15, -0.1) is 0 Å². The van der Waals surface area contributed by atoms with Crippen LogP contribution in [0.3, 0.4) is 0 Å². The van der Waals surface area contributed by atoms with Gasteiger partial charge >= 0.3 is 5.97 Å². The molecule has 5 heteroatoms. The first-order valence-corrected chi connectivity index (χ1v) is 7.61. The maximum absolute atomic E-state index is 10.6. The Balaban J connectivity index is 2.12. The van der Waals surface area contributed by atoms with Gasteiger partial charge in [0.2, 0.25) is 0 Å². The summed E-state index contributed by atoms with van der Waals surface area (Å²) in [6.45, 7) is 1.54. The molecule has 2 rings (SSSR count). The van der Waals surface area contributed by atoms with Crippen LogP contribution in [0.25, 0.3) is 17.3 Å². The summed E-state index contributed by atoms with van der Waals surface area (Å²) in [7, 11) is 0. The number of hydrogen-bond donors (Lipinski definition) is 3. The van der Waals surface area contributed by atoms with Gasteiger partial charge in [-0.2, -0.15) is 0 Å². The van der Waals surface area contributed by atoms with E-state index < -0.39 is 5.97 Å². The molecule has 4 N–H and O–H groups in total. The Kier molecular flexibility index (Phi) is 6.32. The number of hydrogen-bond acceptors (Lipinski definition) is 4. The van der Waals surface area contributed by atoms with Gasteiger partial charge in [-0.25, -0.2) is 9.78 Å². The molecule has 0 aliphatic heterocycles. The lowest BCUT2D eigenvalue weighted by Gasteiger charge is -2.08. The SMILES string of the molecule is NCCCCNc1cccc(-c2cccc(C=CC(=O)O)c2)n1. The molecule has 0 radical (unpaired) electrons. The van der Waals surface area contributed by atoms with Crippen LogP contribution in [-0.4, -0.2) is 29.1 Å². The molecule has 23 heavy (non-hydrogen) atoms. The fourth-order valence-corrected chi connectivity index (χ4v) is 2.15. The summed E-state index contributed by atoms with van der Waals surface area (Å²) < 4.78 is 0. The monoisotopic (exact) mass is 311 g/mol. The molecule has 0 aliphatic rings. The summed E-state index contributed by atoms with van der Waals surface area (Å²) in [5, 5.41) is 12.0. The van der Waals surface area contributed by atoms with Gasteiger partial charge in [-0.3, -0.25) is 0 Å². The summed E-state index contributed by atoms with van der Waals surface area (Å²) in [6, 6.07) is 13.4. The minimum atomic E-state index is -0.961. The summed E-state index contributed by atoms with van der Waals surface area (Å²) in [5.41, 5.74) is 8.10. The van der Waals surface area contributed by atoms with E-state index in [1.165, 1.54) is 0 Å². The number of aromatic nitrogens is 1. The van der Waals surface area contributed by atoms with E-state index in [1.54, 1.807) is 6.08 Å². The molecule has 0 unspecified atom stereocenters. The molecule has 2 aromatic rings. The lowest BCUT2D eigenvalue weighted by Crippen LogP contribution is -2.06. The summed E-state index contributed by atoms with van der Waals surface area (Å²) in [5.74, 6) is -0.136. The number of aliphatic carboxylic acids is 1. The molecule has 1 heterocycles. The molecule has 0 aliphatic carbocycles. The zero-order chi connectivity index (χ0) is 16.5. The lowest BCUT2D eigenvalue weighted by molar-refractivity contribution is -0.131. The topological polar surface area (TPSA) is 88.2 Å². The summed E-state index contributed by atoms with van der Waals surface area (Å²) in [6.07, 6.45) is 4.70. The van der Waals surface area contributed by atoms with Gasteiger partial charge < -0.3 is 16.2 Å². The van der Waals surface area contributed by atoms with Crippen LogP contribution in [0.5, 0.6) is 0 Å². The summed E-state index contributed by atoms with van der Waals surface area (Å²) >= 11 is 0. The normalized spacial score (nSPS) is 10.8. The molecule has 0 saturated carbocycles. The first kappa shape index (κ1) is 16.7. The van der Waals surface area contributed by atoms with Crippen LogP contribution in [0.4, 0.5) is 5.82 Å². The van der Waals surface area contributed by atoms with Crippen molar-refractivity contribution in [2.75, 3.05) is 18.4 Å². The molecule has 0 atom stereocenters. The zero-order valence-corrected chi connectivity index (χ0v) is 12.9. The highest BCUT2D eigenvalue weighted by molar-refractivity contribution is 5.85. The molecule has 120 valence electrons. The Bertz CT molecular complexity index is 683. The van der Waals surface area contributed by atoms with Crippen LogP contribution in [0.2, 0.25) is 0 Å². The highest BCUT2D eigenvalue weighted by atomic mass is 16.4. The van der Waals surface area contributed by atoms with E-state index in [9.17, 15) is 4.79 Å². The first-order chi connectivity index (χ1) is 11.2. The van der Waals surface area contributed by atoms with Gasteiger partial charge in [0.1, 0.15) is 5.82 Å². The van der Waals surface area contributed by atoms with Gasteiger partial charge in [0.15, 0.2) is 0 Å². The molecule has 0 amide bonds. The third kappa shape index (κ3) is 5.56. The molecular formula is C18H21N3O2. The second kappa shape index (κ2) is 8.70. The molecule has 1 aromatic heterocycles. The first-order valence-electron chi connectivity index (χ1n) is 7.61. The smallest absolute Gasteiger partial charge is 0.328 e. The quantitative estimate of drug-likeness (QED) is 0.515. The largest absolute Gasteiger partial charge is 0.478 e. The van der Waals surface area contributed by atoms with Gasteiger partial charge in [0.05, 0.1) is 5.69 Å². The molecule has 1 aromatic carbocycles. The van der Waals surface area contributed by atoms with Crippen molar-refractivity contribution in [3.8, 4) is 11.3 Å². The number of nitrogens with zero attached hydrogens (tertiary/aromatic N) is 1. The van der Waals surface area contributed by atoms with Crippen LogP contribution in [0.15, 0.2) is 48.5 Å². The number of nitrogens with one attached hydrogen (secondary N) is 1. The van der Waals surface area contributed by atoms with Crippen LogP contribution >= 0.6 is 0 Å². The number of pyridine rings is 1. The van der Waals surface area contributed by atoms with E-state index in [-0.39, 0.29) is 0 Å². The van der Waals surface area contributed by atoms with Gasteiger partial charge in [-0.05, 0) is 49.2 Å². The van der Waals surface area contributed by atoms with Gasteiger partial charge in [-0.1, -0.05) is 24.3 Å². The van der Waals surface area contributed by atoms with E-state index in [0.29, 0.717) is 6.54 Å². The molecule has 5 nitrogen and oxygen atoms in total. The second-order valence-corrected chi connectivity index (χ2v) is 5.13. The molecule has 0 saturated heterocycles. The van der Waals surface area contributed by atoms with E-state index >= 15 is 0 Å². The second-order valence-electron chi connectivity index (χ2n) is 5.13. The highest BCUT2D eigenvalue weighted by Gasteiger charge is 2.02. The standard InChI is InChI=1S/C18H21N3O2/c19-11-1-2-12-20-17-8-4-7-16(21-17)15-6-3-5-14(13-15)9-10-18(22)23/h3-10,13H,1-2,11-12,19H2,(H,20,21)(H,22,23). The fraction of sp³-hybridized carbons (Fsp3) is 0.222. The minimum Gasteiger partial charge on any atom is -0.478 e. The number of carboxylic acid groups (broad SMARTS) is 1. The van der Waals surface area contributed by atoms with Crippen molar-refractivity contribution in [2.45, 2.75) is 12.8 Å². The molecular weight excluding hydrogens is 290 g/mol. The van der Waals surface area contributed by atoms with E-state index in [1.807, 2.05) is 42.5 Å². The summed E-state index contributed by atoms with van der Waals surface area (Å²) in [4.78, 5) is 15.2. The van der Waals surface area contributed by atoms with Crippen LogP contribution in [-0.2, 0) is 4.79 Å². The average Bonchev–Trinajstić information content (AvgIpc) is 2.57. The van der Waals surface area contributed by atoms with Gasteiger partial charge in [0, 0.05) is 18.2 Å². The van der Waals surface area contributed by atoms with Crippen LogP contribution in [0, 0.1) is 0 Å². The van der Waals surface area contributed by atoms with Crippen molar-refractivity contribution < 1.29 is 9.90 Å². The Labute approximate surface area is 135 Å². The lowest BCUT2D eigenvalue weighted by atomic mass is 10.1. The third-order valence-corrected chi connectivity index (χ3v) is 3.29. The number of anilines is 1. The van der Waals surface area contributed by atoms with Crippen LogP contribution < -0.4 is 11.1 Å². The Morgan fingerprint density at radius 1 is 1.22 bits per heavy atom. The van der Waals surface area contributed by atoms with Crippen molar-refractivity contribution in [2.24, 2.45) is 5.73 Å². The van der Waals surface area contributed by atoms with Crippen molar-refractivity contribution in [3.05, 3.63) is 54.1 Å². The third-order valence-electron chi connectivity index (χ3n) is 3.29. The number of unbranched alkanes of at least 4 members (excludes halogenated alkanes) is 1. The number of benzene rings is 1. The predicted octanol–water partition coefficient (Wildman–Crippen LogP) is 3.00. The van der Waals surface area contributed by atoms with Gasteiger partial charge in [0.25, 0.3) is 0 Å². The van der Waals surface area contributed by atoms with Crippen molar-refractivity contribution >= 4 is 17.9 Å². The molecule has 0 fully saturated rings. The average molecular weight is 311 g/mol. The highest BCUT2D eigenvalue weighted by Crippen LogP contribution is 2.20. The predicted molar refractivity (Wildman–Crippen MR) is 93.1 cm³/mol.